The molecule has 1 aromatic carbocycles. The minimum atomic E-state index is -1.04. The number of imidazole rings is 1. The van der Waals surface area contributed by atoms with E-state index in [-0.39, 0.29) is 5.92 Å². The highest BCUT2D eigenvalue weighted by Crippen LogP contribution is 2.37. The molecule has 1 aliphatic rings. The number of nitrogens with zero attached hydrogens (tertiary/aromatic N) is 2. The Balaban J connectivity index is 1.99. The van der Waals surface area contributed by atoms with E-state index < -0.39 is 5.60 Å². The van der Waals surface area contributed by atoms with Gasteiger partial charge in [0.2, 0.25) is 0 Å². The second-order valence-electron chi connectivity index (χ2n) is 10.3. The molecule has 0 radical (unpaired) electrons. The average molecular weight is 519 g/mol. The minimum Gasteiger partial charge on any atom is -0.426 e. The van der Waals surface area contributed by atoms with Crippen LogP contribution in [0, 0.1) is 5.92 Å². The predicted octanol–water partition coefficient (Wildman–Crippen LogP) is 8.80. The third-order valence-electron chi connectivity index (χ3n) is 6.43. The molecule has 5 heteroatoms. The van der Waals surface area contributed by atoms with Crippen molar-refractivity contribution in [2.24, 2.45) is 5.92 Å². The molecule has 1 N–H and O–H groups in total. The summed E-state index contributed by atoms with van der Waals surface area (Å²) in [5.74, 6) is 3.12. The summed E-state index contributed by atoms with van der Waals surface area (Å²) in [6, 6.07) is 8.42. The molecule has 3 rings (SSSR count). The van der Waals surface area contributed by atoms with Crippen molar-refractivity contribution in [2.75, 3.05) is 5.75 Å². The number of benzene rings is 1. The molecule has 198 valence electrons. The van der Waals surface area contributed by atoms with Crippen LogP contribution in [0.5, 0.6) is 0 Å². The van der Waals surface area contributed by atoms with E-state index in [0.717, 1.165) is 52.6 Å². The lowest BCUT2D eigenvalue weighted by atomic mass is 9.88. The molecular formula is C32H42N2O2S. The van der Waals surface area contributed by atoms with Crippen molar-refractivity contribution in [1.82, 2.24) is 9.55 Å². The maximum atomic E-state index is 10.8. The Morgan fingerprint density at radius 2 is 2.03 bits per heavy atom. The summed E-state index contributed by atoms with van der Waals surface area (Å²) >= 11 is 1.44. The molecule has 0 saturated carbocycles. The van der Waals surface area contributed by atoms with Crippen LogP contribution in [-0.4, -0.2) is 20.4 Å². The fourth-order valence-corrected chi connectivity index (χ4v) is 4.76. The van der Waals surface area contributed by atoms with Crippen LogP contribution in [0.4, 0.5) is 0 Å². The van der Waals surface area contributed by atoms with Crippen molar-refractivity contribution in [3.05, 3.63) is 95.6 Å². The predicted molar refractivity (Wildman–Crippen MR) is 159 cm³/mol. The van der Waals surface area contributed by atoms with Gasteiger partial charge in [0, 0.05) is 29.1 Å². The first-order valence-corrected chi connectivity index (χ1v) is 14.1. The molecule has 0 fully saturated rings. The lowest BCUT2D eigenvalue weighted by Crippen LogP contribution is -2.16. The van der Waals surface area contributed by atoms with Gasteiger partial charge < -0.3 is 9.29 Å². The van der Waals surface area contributed by atoms with Gasteiger partial charge in [0.15, 0.2) is 0 Å². The van der Waals surface area contributed by atoms with Crippen molar-refractivity contribution in [2.45, 2.75) is 72.8 Å². The van der Waals surface area contributed by atoms with Crippen molar-refractivity contribution >= 4 is 17.7 Å². The van der Waals surface area contributed by atoms with Crippen LogP contribution in [0.15, 0.2) is 84.3 Å². The van der Waals surface area contributed by atoms with Crippen molar-refractivity contribution in [3.8, 4) is 11.4 Å². The molecule has 1 aromatic heterocycles. The number of allylic oxidation sites excluding steroid dienone is 8. The third kappa shape index (κ3) is 7.18. The van der Waals surface area contributed by atoms with E-state index in [1.807, 2.05) is 12.3 Å². The molecule has 1 aliphatic carbocycles. The van der Waals surface area contributed by atoms with Crippen LogP contribution < -0.4 is 0 Å². The number of hydrogen-bond acceptors (Lipinski definition) is 4. The molecule has 0 spiro atoms. The van der Waals surface area contributed by atoms with Gasteiger partial charge in [-0.25, -0.2) is 4.98 Å². The van der Waals surface area contributed by atoms with Gasteiger partial charge in [0.25, 0.3) is 0 Å². The average Bonchev–Trinajstić information content (AvgIpc) is 3.31. The number of aromatic nitrogens is 2. The summed E-state index contributed by atoms with van der Waals surface area (Å²) < 4.78 is 8.00. The summed E-state index contributed by atoms with van der Waals surface area (Å²) in [4.78, 5) is 4.95. The van der Waals surface area contributed by atoms with Gasteiger partial charge in [-0.15, -0.1) is 0 Å². The quantitative estimate of drug-likeness (QED) is 0.183. The highest BCUT2D eigenvalue weighted by Gasteiger charge is 2.26. The van der Waals surface area contributed by atoms with E-state index in [4.69, 9.17) is 9.17 Å². The van der Waals surface area contributed by atoms with Crippen molar-refractivity contribution in [3.63, 3.8) is 0 Å². The molecular weight excluding hydrogens is 476 g/mol. The van der Waals surface area contributed by atoms with E-state index >= 15 is 0 Å². The lowest BCUT2D eigenvalue weighted by Gasteiger charge is -2.23. The van der Waals surface area contributed by atoms with E-state index in [1.54, 1.807) is 13.8 Å². The highest BCUT2D eigenvalue weighted by molar-refractivity contribution is 7.94. The van der Waals surface area contributed by atoms with Crippen molar-refractivity contribution in [1.29, 1.82) is 0 Å². The van der Waals surface area contributed by atoms with Crippen LogP contribution in [0.1, 0.15) is 78.5 Å². The Kier molecular flexibility index (Phi) is 9.86. The van der Waals surface area contributed by atoms with Crippen molar-refractivity contribution < 1.29 is 9.29 Å². The fourth-order valence-electron chi connectivity index (χ4n) is 4.40. The summed E-state index contributed by atoms with van der Waals surface area (Å²) in [7, 11) is 0. The minimum absolute atomic E-state index is 0.188. The van der Waals surface area contributed by atoms with E-state index in [9.17, 15) is 5.11 Å². The van der Waals surface area contributed by atoms with Crippen LogP contribution in [0.25, 0.3) is 17.1 Å². The summed E-state index contributed by atoms with van der Waals surface area (Å²) in [6.07, 6.45) is 14.5. The highest BCUT2D eigenvalue weighted by atomic mass is 32.2. The van der Waals surface area contributed by atoms with Gasteiger partial charge in [0.1, 0.15) is 17.2 Å². The molecule has 0 amide bonds. The maximum absolute atomic E-state index is 10.8. The molecule has 37 heavy (non-hydrogen) atoms. The van der Waals surface area contributed by atoms with Gasteiger partial charge in [-0.05, 0) is 68.4 Å². The Hall–Kier alpha value is -2.76. The van der Waals surface area contributed by atoms with Crippen LogP contribution in [0.3, 0.4) is 0 Å². The lowest BCUT2D eigenvalue weighted by molar-refractivity contribution is 0.0743. The molecule has 1 heterocycles. The molecule has 0 aliphatic heterocycles. The topological polar surface area (TPSA) is 47.3 Å². The van der Waals surface area contributed by atoms with E-state index in [1.165, 1.54) is 17.6 Å². The van der Waals surface area contributed by atoms with Crippen LogP contribution >= 0.6 is 12.0 Å². The van der Waals surface area contributed by atoms with Crippen LogP contribution in [-0.2, 0) is 9.78 Å². The Morgan fingerprint density at radius 1 is 1.30 bits per heavy atom. The van der Waals surface area contributed by atoms with E-state index in [0.29, 0.717) is 11.6 Å². The standard InChI is InChI=1S/C32H42N2O2S/c1-9-11-14-26(36-37-10-2)20-23(5)25-17-18-29(24(6)19-25)34-21-30(32(7,8)35)33-31(34)28-16-13-12-15-27(28)22(3)4/h11-16,18-22,25,35H,5,9-10,17H2,1-4,6-8H3/b14-11-,26-20+. The zero-order valence-electron chi connectivity index (χ0n) is 23.4. The summed E-state index contributed by atoms with van der Waals surface area (Å²) in [5, 5.41) is 10.8. The monoisotopic (exact) mass is 518 g/mol. The Labute approximate surface area is 227 Å². The second-order valence-corrected chi connectivity index (χ2v) is 11.3. The number of hydrogen-bond donors (Lipinski definition) is 1. The van der Waals surface area contributed by atoms with Crippen LogP contribution in [0.2, 0.25) is 0 Å². The fraction of sp³-hybridized carbons (Fsp3) is 0.406. The zero-order valence-corrected chi connectivity index (χ0v) is 24.2. The first kappa shape index (κ1) is 28.8. The SMILES string of the molecule is C=C(/C=C(\C=C/CC)OSCC)C1C=C(C)C(n2cc(C(C)(C)O)nc2-c2ccccc2C(C)C)=CC1. The maximum Gasteiger partial charge on any atom is 0.145 e. The molecule has 0 bridgehead atoms. The first-order valence-electron chi connectivity index (χ1n) is 13.2. The number of aliphatic hydroxyl groups is 1. The van der Waals surface area contributed by atoms with Gasteiger partial charge in [0.05, 0.1) is 17.7 Å². The smallest absolute Gasteiger partial charge is 0.145 e. The summed E-state index contributed by atoms with van der Waals surface area (Å²) in [5.41, 5.74) is 5.21. The number of rotatable bonds is 11. The van der Waals surface area contributed by atoms with Gasteiger partial charge >= 0.3 is 0 Å². The summed E-state index contributed by atoms with van der Waals surface area (Å²) in [6.45, 7) is 18.7. The van der Waals surface area contributed by atoms with Gasteiger partial charge in [-0.2, -0.15) is 0 Å². The second kappa shape index (κ2) is 12.7. The van der Waals surface area contributed by atoms with Gasteiger partial charge in [-0.3, -0.25) is 4.57 Å². The zero-order chi connectivity index (χ0) is 27.2. The van der Waals surface area contributed by atoms with Gasteiger partial charge in [-0.1, -0.05) is 76.8 Å². The third-order valence-corrected chi connectivity index (χ3v) is 6.98. The Bertz CT molecular complexity index is 1220. The largest absolute Gasteiger partial charge is 0.426 e. The first-order chi connectivity index (χ1) is 17.6. The normalized spacial score (nSPS) is 16.8. The molecule has 1 atom stereocenters. The molecule has 0 saturated heterocycles. The Morgan fingerprint density at radius 3 is 2.65 bits per heavy atom. The molecule has 4 nitrogen and oxygen atoms in total. The van der Waals surface area contributed by atoms with E-state index in [2.05, 4.69) is 94.3 Å². The molecule has 1 unspecified atom stereocenters. The molecule has 2 aromatic rings.